The van der Waals surface area contributed by atoms with Gasteiger partial charge in [0.1, 0.15) is 4.75 Å². The van der Waals surface area contributed by atoms with Gasteiger partial charge in [0.15, 0.2) is 0 Å². The molecule has 1 unspecified atom stereocenters. The highest BCUT2D eigenvalue weighted by Gasteiger charge is 2.47. The lowest BCUT2D eigenvalue weighted by Gasteiger charge is -2.34. The van der Waals surface area contributed by atoms with Crippen molar-refractivity contribution in [2.24, 2.45) is 0 Å². The predicted molar refractivity (Wildman–Crippen MR) is 84.5 cm³/mol. The summed E-state index contributed by atoms with van der Waals surface area (Å²) in [5.41, 5.74) is 2.64. The molecule has 0 saturated carbocycles. The fourth-order valence-electron chi connectivity index (χ4n) is 2.60. The molecule has 0 bridgehead atoms. The molecule has 0 N–H and O–H groups in total. The average molecular weight is 288 g/mol. The fraction of sp³-hybridized carbons (Fsp3) is 0.250. The highest BCUT2D eigenvalue weighted by atomic mass is 33.1. The van der Waals surface area contributed by atoms with Gasteiger partial charge in [-0.25, -0.2) is 0 Å². The van der Waals surface area contributed by atoms with Crippen LogP contribution in [-0.4, -0.2) is 19.0 Å². The third kappa shape index (κ3) is 2.20. The van der Waals surface area contributed by atoms with Crippen molar-refractivity contribution in [3.05, 3.63) is 71.8 Å². The Hall–Kier alpha value is -0.900. The van der Waals surface area contributed by atoms with Crippen LogP contribution in [0.25, 0.3) is 0 Å². The normalized spacial score (nSPS) is 21.4. The Labute approximate surface area is 122 Å². The van der Waals surface area contributed by atoms with Crippen LogP contribution in [0.4, 0.5) is 0 Å². The minimum Gasteiger partial charge on any atom is -0.378 e. The Balaban J connectivity index is 2.17. The van der Waals surface area contributed by atoms with Crippen molar-refractivity contribution in [1.82, 2.24) is 0 Å². The van der Waals surface area contributed by atoms with Gasteiger partial charge < -0.3 is 4.74 Å². The van der Waals surface area contributed by atoms with Gasteiger partial charge in [0.2, 0.25) is 0 Å². The molecule has 1 nitrogen and oxygen atoms in total. The maximum absolute atomic E-state index is 5.79. The minimum absolute atomic E-state index is 0.0953. The van der Waals surface area contributed by atoms with E-state index < -0.39 is 0 Å². The van der Waals surface area contributed by atoms with E-state index >= 15 is 0 Å². The van der Waals surface area contributed by atoms with Crippen LogP contribution in [0.1, 0.15) is 11.1 Å². The topological polar surface area (TPSA) is 9.23 Å². The van der Waals surface area contributed by atoms with Gasteiger partial charge in [-0.15, -0.1) is 0 Å². The molecule has 0 amide bonds. The fourth-order valence-corrected chi connectivity index (χ4v) is 6.25. The molecule has 1 heterocycles. The number of ether oxygens (including phenoxy) is 1. The first kappa shape index (κ1) is 13.1. The Bertz CT molecular complexity index is 487. The van der Waals surface area contributed by atoms with E-state index in [1.54, 1.807) is 0 Å². The second-order valence-electron chi connectivity index (χ2n) is 4.56. The molecular formula is C16H16OS2. The highest BCUT2D eigenvalue weighted by molar-refractivity contribution is 8.77. The number of hydrogen-bond acceptors (Lipinski definition) is 3. The summed E-state index contributed by atoms with van der Waals surface area (Å²) in [6, 6.07) is 21.4. The Morgan fingerprint density at radius 2 is 1.47 bits per heavy atom. The third-order valence-electron chi connectivity index (χ3n) is 3.55. The lowest BCUT2D eigenvalue weighted by molar-refractivity contribution is 0.100. The van der Waals surface area contributed by atoms with Crippen molar-refractivity contribution in [2.75, 3.05) is 12.9 Å². The predicted octanol–water partition coefficient (Wildman–Crippen LogP) is 4.34. The Morgan fingerprint density at radius 3 is 1.95 bits per heavy atom. The van der Waals surface area contributed by atoms with Gasteiger partial charge in [-0.05, 0) is 11.1 Å². The van der Waals surface area contributed by atoms with Crippen molar-refractivity contribution < 1.29 is 4.74 Å². The molecule has 1 saturated heterocycles. The molecule has 3 heteroatoms. The minimum atomic E-state index is -0.0953. The SMILES string of the molecule is COC1CSSC1(c1ccccc1)c1ccccc1. The van der Waals surface area contributed by atoms with E-state index in [1.165, 1.54) is 11.1 Å². The largest absolute Gasteiger partial charge is 0.378 e. The van der Waals surface area contributed by atoms with Gasteiger partial charge in [-0.3, -0.25) is 0 Å². The second kappa shape index (κ2) is 5.61. The molecule has 2 aromatic carbocycles. The summed E-state index contributed by atoms with van der Waals surface area (Å²) in [6.45, 7) is 0. The van der Waals surface area contributed by atoms with Crippen LogP contribution in [-0.2, 0) is 9.48 Å². The van der Waals surface area contributed by atoms with E-state index in [0.29, 0.717) is 0 Å². The molecule has 0 aromatic heterocycles. The second-order valence-corrected chi connectivity index (χ2v) is 7.15. The molecule has 0 radical (unpaired) electrons. The van der Waals surface area contributed by atoms with Crippen molar-refractivity contribution in [1.29, 1.82) is 0 Å². The van der Waals surface area contributed by atoms with Gasteiger partial charge in [-0.1, -0.05) is 82.3 Å². The monoisotopic (exact) mass is 288 g/mol. The van der Waals surface area contributed by atoms with Crippen molar-refractivity contribution in [3.63, 3.8) is 0 Å². The molecule has 0 aliphatic carbocycles. The van der Waals surface area contributed by atoms with E-state index in [0.717, 1.165) is 5.75 Å². The number of rotatable bonds is 3. The van der Waals surface area contributed by atoms with Crippen molar-refractivity contribution in [3.8, 4) is 0 Å². The standard InChI is InChI=1S/C16H16OS2/c1-17-15-12-18-19-16(15,13-8-4-2-5-9-13)14-10-6-3-7-11-14/h2-11,15H,12H2,1H3. The summed E-state index contributed by atoms with van der Waals surface area (Å²) in [4.78, 5) is 0. The van der Waals surface area contributed by atoms with E-state index in [4.69, 9.17) is 4.74 Å². The summed E-state index contributed by atoms with van der Waals surface area (Å²) in [5.74, 6) is 1.02. The maximum Gasteiger partial charge on any atom is 0.103 e. The van der Waals surface area contributed by atoms with Crippen LogP contribution in [0.15, 0.2) is 60.7 Å². The van der Waals surface area contributed by atoms with Crippen molar-refractivity contribution >= 4 is 21.6 Å². The van der Waals surface area contributed by atoms with Gasteiger partial charge in [0.25, 0.3) is 0 Å². The number of benzene rings is 2. The van der Waals surface area contributed by atoms with Crippen LogP contribution in [0.3, 0.4) is 0 Å². The van der Waals surface area contributed by atoms with E-state index in [9.17, 15) is 0 Å². The Kier molecular flexibility index (Phi) is 3.87. The lowest BCUT2D eigenvalue weighted by atomic mass is 9.86. The zero-order valence-corrected chi connectivity index (χ0v) is 12.4. The summed E-state index contributed by atoms with van der Waals surface area (Å²) < 4.78 is 5.70. The quantitative estimate of drug-likeness (QED) is 0.778. The van der Waals surface area contributed by atoms with Gasteiger partial charge in [0, 0.05) is 12.9 Å². The van der Waals surface area contributed by atoms with Crippen LogP contribution >= 0.6 is 21.6 Å². The molecule has 98 valence electrons. The maximum atomic E-state index is 5.79. The van der Waals surface area contributed by atoms with E-state index in [-0.39, 0.29) is 10.9 Å². The molecule has 1 atom stereocenters. The molecule has 2 aromatic rings. The first-order valence-corrected chi connectivity index (χ1v) is 8.64. The molecule has 1 aliphatic rings. The first-order valence-electron chi connectivity index (χ1n) is 6.32. The van der Waals surface area contributed by atoms with Crippen LogP contribution in [0.2, 0.25) is 0 Å². The van der Waals surface area contributed by atoms with Crippen LogP contribution < -0.4 is 0 Å². The average Bonchev–Trinajstić information content (AvgIpc) is 2.94. The molecule has 3 rings (SSSR count). The van der Waals surface area contributed by atoms with Gasteiger partial charge >= 0.3 is 0 Å². The Morgan fingerprint density at radius 1 is 0.947 bits per heavy atom. The molecule has 19 heavy (non-hydrogen) atoms. The van der Waals surface area contributed by atoms with E-state index in [2.05, 4.69) is 60.7 Å². The lowest BCUT2D eigenvalue weighted by Crippen LogP contribution is -2.36. The number of hydrogen-bond donors (Lipinski definition) is 0. The molecule has 1 fully saturated rings. The summed E-state index contributed by atoms with van der Waals surface area (Å²) in [6.07, 6.45) is 0.201. The van der Waals surface area contributed by atoms with Crippen LogP contribution in [0, 0.1) is 0 Å². The van der Waals surface area contributed by atoms with E-state index in [1.807, 2.05) is 28.7 Å². The molecule has 1 aliphatic heterocycles. The summed E-state index contributed by atoms with van der Waals surface area (Å²) in [7, 11) is 5.63. The highest BCUT2D eigenvalue weighted by Crippen LogP contribution is 2.57. The third-order valence-corrected chi connectivity index (χ3v) is 6.66. The molecule has 0 spiro atoms. The van der Waals surface area contributed by atoms with Gasteiger partial charge in [-0.2, -0.15) is 0 Å². The zero-order chi connectivity index (χ0) is 13.1. The summed E-state index contributed by atoms with van der Waals surface area (Å²) >= 11 is 0. The zero-order valence-electron chi connectivity index (χ0n) is 10.8. The van der Waals surface area contributed by atoms with Gasteiger partial charge in [0.05, 0.1) is 6.10 Å². The first-order chi connectivity index (χ1) is 9.38. The smallest absolute Gasteiger partial charge is 0.103 e. The van der Waals surface area contributed by atoms with Crippen LogP contribution in [0.5, 0.6) is 0 Å². The van der Waals surface area contributed by atoms with Crippen molar-refractivity contribution in [2.45, 2.75) is 10.9 Å². The molecular weight excluding hydrogens is 272 g/mol. The number of methoxy groups -OCH3 is 1. The summed E-state index contributed by atoms with van der Waals surface area (Å²) in [5, 5.41) is 0.